The molecule has 0 radical (unpaired) electrons. The van der Waals surface area contributed by atoms with Crippen LogP contribution in [0.4, 0.5) is 17.6 Å². The number of aromatic nitrogens is 4. The van der Waals surface area contributed by atoms with Crippen LogP contribution in [-0.2, 0) is 6.42 Å². The molecule has 1 saturated heterocycles. The predicted molar refractivity (Wildman–Crippen MR) is 117 cm³/mol. The monoisotopic (exact) mass is 409 g/mol. The number of anilines is 3. The Morgan fingerprint density at radius 3 is 2.50 bits per heavy atom. The van der Waals surface area contributed by atoms with E-state index < -0.39 is 0 Å². The molecule has 1 aliphatic heterocycles. The lowest BCUT2D eigenvalue weighted by molar-refractivity contribution is 0.356. The normalized spacial score (nSPS) is 14.7. The number of nitrogens with two attached hydrogens (primary N) is 1. The van der Waals surface area contributed by atoms with Gasteiger partial charge in [0, 0.05) is 42.3 Å². The number of ether oxygens (including phenoxy) is 2. The van der Waals surface area contributed by atoms with Gasteiger partial charge in [-0.3, -0.25) is 0 Å². The number of hydrogen-bond acceptors (Lipinski definition) is 9. The summed E-state index contributed by atoms with van der Waals surface area (Å²) in [5.74, 6) is 3.14. The van der Waals surface area contributed by atoms with E-state index in [-0.39, 0.29) is 6.04 Å². The number of nitrogens with zero attached hydrogens (tertiary/aromatic N) is 5. The Balaban J connectivity index is 1.47. The maximum Gasteiger partial charge on any atom is 0.225 e. The summed E-state index contributed by atoms with van der Waals surface area (Å²) in [5, 5.41) is 4.18. The van der Waals surface area contributed by atoms with Crippen LogP contribution in [0.5, 0.6) is 11.5 Å². The number of nitrogen functional groups attached to an aromatic ring is 1. The maximum atomic E-state index is 6.19. The van der Waals surface area contributed by atoms with E-state index in [0.29, 0.717) is 28.8 Å². The van der Waals surface area contributed by atoms with E-state index in [1.165, 1.54) is 0 Å². The van der Waals surface area contributed by atoms with Crippen LogP contribution < -0.4 is 25.4 Å². The van der Waals surface area contributed by atoms with Crippen molar-refractivity contribution in [2.45, 2.75) is 32.2 Å². The molecule has 3 aromatic rings. The van der Waals surface area contributed by atoms with Crippen LogP contribution in [-0.4, -0.2) is 53.3 Å². The number of piperidine rings is 1. The molecule has 2 aromatic heterocycles. The van der Waals surface area contributed by atoms with Gasteiger partial charge in [0.15, 0.2) is 11.5 Å². The molecule has 0 atom stereocenters. The summed E-state index contributed by atoms with van der Waals surface area (Å²) >= 11 is 0. The zero-order valence-corrected chi connectivity index (χ0v) is 17.6. The molecule has 3 heterocycles. The number of aryl methyl sites for hydroxylation is 1. The highest BCUT2D eigenvalue weighted by molar-refractivity contribution is 5.91. The first-order valence-corrected chi connectivity index (χ1v) is 10.1. The van der Waals surface area contributed by atoms with Crippen molar-refractivity contribution in [2.24, 2.45) is 0 Å². The lowest BCUT2D eigenvalue weighted by Gasteiger charge is -2.33. The lowest BCUT2D eigenvalue weighted by atomic mass is 10.1. The highest BCUT2D eigenvalue weighted by Gasteiger charge is 2.21. The zero-order chi connectivity index (χ0) is 21.1. The first-order valence-electron chi connectivity index (χ1n) is 10.1. The van der Waals surface area contributed by atoms with Gasteiger partial charge in [-0.05, 0) is 25.3 Å². The van der Waals surface area contributed by atoms with Crippen molar-refractivity contribution < 1.29 is 9.47 Å². The van der Waals surface area contributed by atoms with Crippen molar-refractivity contribution in [3.8, 4) is 11.5 Å². The molecule has 9 nitrogen and oxygen atoms in total. The molecule has 0 bridgehead atoms. The first-order chi connectivity index (χ1) is 14.6. The Morgan fingerprint density at radius 1 is 1.07 bits per heavy atom. The van der Waals surface area contributed by atoms with Crippen LogP contribution in [0.15, 0.2) is 24.5 Å². The number of methoxy groups -OCH3 is 2. The topological polar surface area (TPSA) is 111 Å². The van der Waals surface area contributed by atoms with E-state index in [0.717, 1.165) is 49.2 Å². The minimum Gasteiger partial charge on any atom is -0.493 e. The second-order valence-corrected chi connectivity index (χ2v) is 7.28. The third-order valence-electron chi connectivity index (χ3n) is 5.45. The van der Waals surface area contributed by atoms with E-state index in [1.807, 2.05) is 6.07 Å². The third kappa shape index (κ3) is 4.00. The molecular weight excluding hydrogens is 382 g/mol. The molecule has 0 amide bonds. The van der Waals surface area contributed by atoms with Crippen molar-refractivity contribution in [1.82, 2.24) is 19.9 Å². The van der Waals surface area contributed by atoms with Gasteiger partial charge in [-0.15, -0.1) is 0 Å². The van der Waals surface area contributed by atoms with Crippen LogP contribution in [0.1, 0.15) is 25.5 Å². The average Bonchev–Trinajstić information content (AvgIpc) is 2.78. The summed E-state index contributed by atoms with van der Waals surface area (Å²) in [6.07, 6.45) is 4.47. The maximum absolute atomic E-state index is 6.19. The van der Waals surface area contributed by atoms with Crippen molar-refractivity contribution in [3.63, 3.8) is 0 Å². The number of nitrogens with one attached hydrogen (secondary N) is 1. The van der Waals surface area contributed by atoms with Gasteiger partial charge in [-0.2, -0.15) is 4.98 Å². The molecule has 4 rings (SSSR count). The summed E-state index contributed by atoms with van der Waals surface area (Å²) < 4.78 is 10.7. The molecule has 0 saturated carbocycles. The minimum atomic E-state index is 0.269. The van der Waals surface area contributed by atoms with Crippen LogP contribution in [0.25, 0.3) is 10.9 Å². The van der Waals surface area contributed by atoms with Crippen LogP contribution in [0.3, 0.4) is 0 Å². The van der Waals surface area contributed by atoms with Gasteiger partial charge in [0.1, 0.15) is 18.0 Å². The van der Waals surface area contributed by atoms with E-state index in [2.05, 4.69) is 43.1 Å². The van der Waals surface area contributed by atoms with Gasteiger partial charge in [-0.1, -0.05) is 6.92 Å². The Morgan fingerprint density at radius 2 is 1.80 bits per heavy atom. The molecule has 0 aliphatic carbocycles. The standard InChI is InChI=1S/C21H27N7O2/c1-4-13-9-19(24-12-23-13)28-7-5-14(6-8-28)25-21-26-16-11-18(30-3)17(29-2)10-15(16)20(22)27-21/h9-12,14H,4-8H2,1-3H3,(H3,22,25,26,27). The molecular formula is C21H27N7O2. The minimum absolute atomic E-state index is 0.269. The van der Waals surface area contributed by atoms with Crippen molar-refractivity contribution in [3.05, 3.63) is 30.2 Å². The second-order valence-electron chi connectivity index (χ2n) is 7.28. The van der Waals surface area contributed by atoms with Crippen molar-refractivity contribution >= 4 is 28.5 Å². The third-order valence-corrected chi connectivity index (χ3v) is 5.45. The summed E-state index contributed by atoms with van der Waals surface area (Å²) in [4.78, 5) is 20.1. The van der Waals surface area contributed by atoms with Gasteiger partial charge < -0.3 is 25.4 Å². The van der Waals surface area contributed by atoms with Crippen LogP contribution >= 0.6 is 0 Å². The average molecular weight is 409 g/mol. The van der Waals surface area contributed by atoms with E-state index in [4.69, 9.17) is 15.2 Å². The Kier molecular flexibility index (Phi) is 5.69. The summed E-state index contributed by atoms with van der Waals surface area (Å²) in [7, 11) is 3.19. The molecule has 1 aliphatic rings. The van der Waals surface area contributed by atoms with Gasteiger partial charge in [0.2, 0.25) is 5.95 Å². The van der Waals surface area contributed by atoms with Crippen LogP contribution in [0, 0.1) is 0 Å². The molecule has 1 fully saturated rings. The molecule has 30 heavy (non-hydrogen) atoms. The summed E-state index contributed by atoms with van der Waals surface area (Å²) in [5.41, 5.74) is 7.97. The van der Waals surface area contributed by atoms with E-state index in [1.54, 1.807) is 26.6 Å². The number of rotatable bonds is 6. The number of benzene rings is 1. The SMILES string of the molecule is CCc1cc(N2CCC(Nc3nc(N)c4cc(OC)c(OC)cc4n3)CC2)ncn1. The number of fused-ring (bicyclic) bond motifs is 1. The van der Waals surface area contributed by atoms with Gasteiger partial charge in [0.05, 0.1) is 19.7 Å². The molecule has 158 valence electrons. The van der Waals surface area contributed by atoms with Crippen molar-refractivity contribution in [1.29, 1.82) is 0 Å². The van der Waals surface area contributed by atoms with Crippen molar-refractivity contribution in [2.75, 3.05) is 43.3 Å². The molecule has 3 N–H and O–H groups in total. The smallest absolute Gasteiger partial charge is 0.225 e. The van der Waals surface area contributed by atoms with E-state index in [9.17, 15) is 0 Å². The Bertz CT molecular complexity index is 1040. The summed E-state index contributed by atoms with van der Waals surface area (Å²) in [6, 6.07) is 5.96. The molecule has 1 aromatic carbocycles. The molecule has 0 spiro atoms. The largest absolute Gasteiger partial charge is 0.493 e. The number of hydrogen-bond donors (Lipinski definition) is 2. The lowest BCUT2D eigenvalue weighted by Crippen LogP contribution is -2.39. The predicted octanol–water partition coefficient (Wildman–Crippen LogP) is 2.66. The van der Waals surface area contributed by atoms with Gasteiger partial charge >= 0.3 is 0 Å². The fourth-order valence-corrected chi connectivity index (χ4v) is 3.73. The van der Waals surface area contributed by atoms with E-state index >= 15 is 0 Å². The fourth-order valence-electron chi connectivity index (χ4n) is 3.73. The molecule has 0 unspecified atom stereocenters. The van der Waals surface area contributed by atoms with Gasteiger partial charge in [0.25, 0.3) is 0 Å². The van der Waals surface area contributed by atoms with Gasteiger partial charge in [-0.25, -0.2) is 15.0 Å². The highest BCUT2D eigenvalue weighted by atomic mass is 16.5. The first kappa shape index (κ1) is 19.9. The zero-order valence-electron chi connectivity index (χ0n) is 17.6. The second kappa shape index (κ2) is 8.56. The highest BCUT2D eigenvalue weighted by Crippen LogP contribution is 2.34. The van der Waals surface area contributed by atoms with Crippen LogP contribution in [0.2, 0.25) is 0 Å². The Labute approximate surface area is 175 Å². The quantitative estimate of drug-likeness (QED) is 0.634. The Hall–Kier alpha value is -3.36. The summed E-state index contributed by atoms with van der Waals surface area (Å²) in [6.45, 7) is 3.92. The molecule has 9 heteroatoms. The fraction of sp³-hybridized carbons (Fsp3) is 0.429.